The van der Waals surface area contributed by atoms with E-state index in [0.29, 0.717) is 49.1 Å². The molecule has 2 saturated heterocycles. The van der Waals surface area contributed by atoms with Crippen molar-refractivity contribution in [3.05, 3.63) is 36.0 Å². The highest BCUT2D eigenvalue weighted by molar-refractivity contribution is 6.09. The third kappa shape index (κ3) is 4.17. The first-order valence-electron chi connectivity index (χ1n) is 11.9. The minimum Gasteiger partial charge on any atom is -0.340 e. The molecule has 0 radical (unpaired) electrons. The van der Waals surface area contributed by atoms with Crippen LogP contribution in [0.25, 0.3) is 11.4 Å². The Hall–Kier alpha value is -3.30. The van der Waals surface area contributed by atoms with Gasteiger partial charge in [-0.1, -0.05) is 12.1 Å². The topological polar surface area (TPSA) is 109 Å². The highest BCUT2D eigenvalue weighted by Crippen LogP contribution is 2.36. The molecule has 0 bridgehead atoms. The van der Waals surface area contributed by atoms with Crippen LogP contribution in [-0.2, 0) is 9.59 Å². The number of piperidine rings is 1. The van der Waals surface area contributed by atoms with Crippen LogP contribution in [0.4, 0.5) is 9.18 Å². The van der Waals surface area contributed by atoms with Crippen molar-refractivity contribution in [2.45, 2.75) is 56.9 Å². The van der Waals surface area contributed by atoms with Crippen LogP contribution < -0.4 is 5.32 Å². The van der Waals surface area contributed by atoms with Crippen LogP contribution in [0.1, 0.15) is 57.3 Å². The highest BCUT2D eigenvalue weighted by atomic mass is 19.1. The Morgan fingerprint density at radius 1 is 1.21 bits per heavy atom. The molecular formula is C24H28FN5O4. The molecule has 2 aromatic rings. The fourth-order valence-corrected chi connectivity index (χ4v) is 5.17. The summed E-state index contributed by atoms with van der Waals surface area (Å²) in [6.07, 6.45) is 4.51. The van der Waals surface area contributed by atoms with Crippen molar-refractivity contribution in [3.63, 3.8) is 0 Å². The fraction of sp³-hybridized carbons (Fsp3) is 0.542. The van der Waals surface area contributed by atoms with Crippen LogP contribution >= 0.6 is 0 Å². The molecule has 1 spiro atoms. The van der Waals surface area contributed by atoms with Crippen LogP contribution in [-0.4, -0.2) is 63.0 Å². The van der Waals surface area contributed by atoms with E-state index in [4.69, 9.17) is 4.52 Å². The minimum atomic E-state index is -0.852. The van der Waals surface area contributed by atoms with Gasteiger partial charge in [-0.05, 0) is 68.7 Å². The molecule has 1 aliphatic carbocycles. The van der Waals surface area contributed by atoms with Gasteiger partial charge >= 0.3 is 6.03 Å². The zero-order valence-electron chi connectivity index (χ0n) is 19.1. The van der Waals surface area contributed by atoms with Gasteiger partial charge in [0.1, 0.15) is 17.9 Å². The van der Waals surface area contributed by atoms with Gasteiger partial charge in [-0.3, -0.25) is 14.5 Å². The number of benzene rings is 1. The number of aromatic nitrogens is 2. The van der Waals surface area contributed by atoms with Gasteiger partial charge in [0.15, 0.2) is 0 Å². The number of hydrogen-bond acceptors (Lipinski definition) is 6. The lowest BCUT2D eigenvalue weighted by atomic mass is 9.77. The van der Waals surface area contributed by atoms with E-state index in [1.807, 2.05) is 0 Å². The standard InChI is InChI=1S/C24H28FN5O4/c1-15-8-10-24(11-9-15)22(32)30(23(33)27-24)14-19(31)29-12-2-3-17(13-29)21-26-20(28-34-21)16-4-6-18(25)7-5-16/h4-7,15,17H,2-3,8-14H2,1H3,(H,27,33)/t15?,17-,24?/m1/s1. The van der Waals surface area contributed by atoms with Crippen molar-refractivity contribution in [1.82, 2.24) is 25.3 Å². The number of hydrogen-bond donors (Lipinski definition) is 1. The summed E-state index contributed by atoms with van der Waals surface area (Å²) in [5, 5.41) is 6.86. The Labute approximate surface area is 196 Å². The summed E-state index contributed by atoms with van der Waals surface area (Å²) in [5.41, 5.74) is -0.209. The zero-order chi connectivity index (χ0) is 23.9. The molecule has 9 nitrogen and oxygen atoms in total. The number of carbonyl (C=O) groups excluding carboxylic acids is 3. The SMILES string of the molecule is CC1CCC2(CC1)NC(=O)N(CC(=O)N1CCC[C@@H](c3nc(-c4ccc(F)cc4)no3)C1)C2=O. The number of nitrogens with zero attached hydrogens (tertiary/aromatic N) is 4. The van der Waals surface area contributed by atoms with E-state index in [-0.39, 0.29) is 30.1 Å². The van der Waals surface area contributed by atoms with Gasteiger partial charge in [-0.2, -0.15) is 4.98 Å². The molecule has 34 heavy (non-hydrogen) atoms. The van der Waals surface area contributed by atoms with Crippen LogP contribution in [0.2, 0.25) is 0 Å². The van der Waals surface area contributed by atoms with E-state index in [2.05, 4.69) is 22.4 Å². The summed E-state index contributed by atoms with van der Waals surface area (Å²) in [7, 11) is 0. The molecule has 4 amide bonds. The minimum absolute atomic E-state index is 0.145. The van der Waals surface area contributed by atoms with Gasteiger partial charge in [0.25, 0.3) is 5.91 Å². The average molecular weight is 470 g/mol. The van der Waals surface area contributed by atoms with E-state index in [1.54, 1.807) is 17.0 Å². The van der Waals surface area contributed by atoms with Crippen LogP contribution in [0.5, 0.6) is 0 Å². The highest BCUT2D eigenvalue weighted by Gasteiger charge is 2.52. The van der Waals surface area contributed by atoms with Crippen LogP contribution in [0.3, 0.4) is 0 Å². The third-order valence-corrected chi connectivity index (χ3v) is 7.33. The molecule has 2 aliphatic heterocycles. The molecule has 3 fully saturated rings. The lowest BCUT2D eigenvalue weighted by Crippen LogP contribution is -2.50. The number of halogens is 1. The van der Waals surface area contributed by atoms with Gasteiger partial charge in [0, 0.05) is 18.7 Å². The Balaban J connectivity index is 1.23. The molecule has 1 aromatic carbocycles. The summed E-state index contributed by atoms with van der Waals surface area (Å²) in [6, 6.07) is 5.35. The van der Waals surface area contributed by atoms with E-state index < -0.39 is 11.6 Å². The smallest absolute Gasteiger partial charge is 0.325 e. The maximum absolute atomic E-state index is 13.2. The molecule has 10 heteroatoms. The number of nitrogens with one attached hydrogen (secondary N) is 1. The monoisotopic (exact) mass is 469 g/mol. The van der Waals surface area contributed by atoms with E-state index in [9.17, 15) is 18.8 Å². The fourth-order valence-electron chi connectivity index (χ4n) is 5.17. The zero-order valence-corrected chi connectivity index (χ0v) is 19.1. The first-order valence-corrected chi connectivity index (χ1v) is 11.9. The second-order valence-corrected chi connectivity index (χ2v) is 9.73. The molecule has 1 saturated carbocycles. The number of imide groups is 1. The molecule has 3 aliphatic rings. The molecule has 3 heterocycles. The molecule has 1 atom stereocenters. The van der Waals surface area contributed by atoms with Gasteiger partial charge in [-0.25, -0.2) is 9.18 Å². The molecule has 1 N–H and O–H groups in total. The number of rotatable bonds is 4. The van der Waals surface area contributed by atoms with Crippen molar-refractivity contribution >= 4 is 17.8 Å². The largest absolute Gasteiger partial charge is 0.340 e. The maximum atomic E-state index is 13.2. The quantitative estimate of drug-likeness (QED) is 0.690. The first kappa shape index (κ1) is 22.5. The van der Waals surface area contributed by atoms with Crippen molar-refractivity contribution < 1.29 is 23.3 Å². The summed E-state index contributed by atoms with van der Waals surface area (Å²) < 4.78 is 18.6. The Morgan fingerprint density at radius 3 is 2.68 bits per heavy atom. The summed E-state index contributed by atoms with van der Waals surface area (Å²) in [5.74, 6) is 0.271. The lowest BCUT2D eigenvalue weighted by molar-refractivity contribution is -0.140. The van der Waals surface area contributed by atoms with E-state index in [0.717, 1.165) is 30.6 Å². The van der Waals surface area contributed by atoms with E-state index in [1.165, 1.54) is 12.1 Å². The number of amides is 4. The normalized spacial score (nSPS) is 27.4. The number of likely N-dealkylation sites (tertiary alicyclic amines) is 1. The molecule has 5 rings (SSSR count). The Kier molecular flexibility index (Phi) is 5.83. The predicted octanol–water partition coefficient (Wildman–Crippen LogP) is 3.08. The summed E-state index contributed by atoms with van der Waals surface area (Å²) in [4.78, 5) is 45.9. The molecular weight excluding hydrogens is 441 g/mol. The van der Waals surface area contributed by atoms with Gasteiger partial charge in [0.2, 0.25) is 17.6 Å². The second-order valence-electron chi connectivity index (χ2n) is 9.73. The molecule has 1 aromatic heterocycles. The van der Waals surface area contributed by atoms with E-state index >= 15 is 0 Å². The molecule has 0 unspecified atom stereocenters. The summed E-state index contributed by atoms with van der Waals surface area (Å²) in [6.45, 7) is 2.80. The van der Waals surface area contributed by atoms with Gasteiger partial charge in [0.05, 0.1) is 5.92 Å². The Morgan fingerprint density at radius 2 is 1.94 bits per heavy atom. The summed E-state index contributed by atoms with van der Waals surface area (Å²) >= 11 is 0. The van der Waals surface area contributed by atoms with Gasteiger partial charge in [-0.15, -0.1) is 0 Å². The van der Waals surface area contributed by atoms with Crippen LogP contribution in [0.15, 0.2) is 28.8 Å². The third-order valence-electron chi connectivity index (χ3n) is 7.33. The lowest BCUT2D eigenvalue weighted by Gasteiger charge is -2.34. The van der Waals surface area contributed by atoms with Crippen LogP contribution in [0, 0.1) is 11.7 Å². The predicted molar refractivity (Wildman–Crippen MR) is 119 cm³/mol. The molecule has 180 valence electrons. The number of carbonyl (C=O) groups is 3. The second kappa shape index (κ2) is 8.81. The maximum Gasteiger partial charge on any atom is 0.325 e. The Bertz CT molecular complexity index is 1090. The average Bonchev–Trinajstić information content (AvgIpc) is 3.42. The number of urea groups is 1. The van der Waals surface area contributed by atoms with Crippen molar-refractivity contribution in [2.75, 3.05) is 19.6 Å². The van der Waals surface area contributed by atoms with Crippen molar-refractivity contribution in [2.24, 2.45) is 5.92 Å². The van der Waals surface area contributed by atoms with Crippen molar-refractivity contribution in [1.29, 1.82) is 0 Å². The first-order chi connectivity index (χ1) is 16.3. The van der Waals surface area contributed by atoms with Gasteiger partial charge < -0.3 is 14.7 Å². The van der Waals surface area contributed by atoms with Crippen molar-refractivity contribution in [3.8, 4) is 11.4 Å².